The van der Waals surface area contributed by atoms with Crippen LogP contribution in [0.1, 0.15) is 11.4 Å². The number of ether oxygens (including phenoxy) is 1. The lowest BCUT2D eigenvalue weighted by atomic mass is 10.0. The highest BCUT2D eigenvalue weighted by atomic mass is 79.9. The number of hydrogen-bond acceptors (Lipinski definition) is 5. The molecule has 0 unspecified atom stereocenters. The monoisotopic (exact) mass is 540 g/mol. The summed E-state index contributed by atoms with van der Waals surface area (Å²) in [6.45, 7) is 6.51. The summed E-state index contributed by atoms with van der Waals surface area (Å²) >= 11 is 4.41. The molecule has 0 saturated carbocycles. The van der Waals surface area contributed by atoms with E-state index in [9.17, 15) is 9.18 Å². The smallest absolute Gasteiger partial charge is 0.234 e. The van der Waals surface area contributed by atoms with Crippen LogP contribution < -0.4 is 10.1 Å². The van der Waals surface area contributed by atoms with Crippen molar-refractivity contribution in [2.75, 3.05) is 11.1 Å². The van der Waals surface area contributed by atoms with Crippen molar-refractivity contribution in [3.05, 3.63) is 88.9 Å². The van der Waals surface area contributed by atoms with Gasteiger partial charge in [0.25, 0.3) is 0 Å². The average molecular weight is 541 g/mol. The lowest BCUT2D eigenvalue weighted by Crippen LogP contribution is -2.16. The van der Waals surface area contributed by atoms with E-state index in [1.165, 1.54) is 23.9 Å². The number of aryl methyl sites for hydroxylation is 1. The van der Waals surface area contributed by atoms with Crippen molar-refractivity contribution in [3.63, 3.8) is 0 Å². The molecule has 0 aliphatic carbocycles. The number of benzene rings is 3. The number of amides is 1. The second-order valence-corrected chi connectivity index (χ2v) is 9.32. The molecule has 0 bridgehead atoms. The van der Waals surface area contributed by atoms with E-state index >= 15 is 0 Å². The standard InChI is InChI=1S/C25H22BrFN4O2S/c1-3-12-31-23(14-33-22-11-8-17-6-4-5-7-19(17)16(22)2)29-30-25(31)34-15-24(32)28-21-10-9-18(26)13-20(21)27/h3-11,13H,1,12,14-15H2,2H3,(H,28,32). The van der Waals surface area contributed by atoms with Crippen molar-refractivity contribution < 1.29 is 13.9 Å². The molecule has 0 aliphatic rings. The highest BCUT2D eigenvalue weighted by Crippen LogP contribution is 2.28. The molecule has 3 aromatic carbocycles. The average Bonchev–Trinajstić information content (AvgIpc) is 3.21. The van der Waals surface area contributed by atoms with Gasteiger partial charge in [-0.25, -0.2) is 4.39 Å². The van der Waals surface area contributed by atoms with E-state index in [0.717, 1.165) is 22.1 Å². The van der Waals surface area contributed by atoms with E-state index in [1.54, 1.807) is 12.1 Å². The minimum absolute atomic E-state index is 0.0510. The Morgan fingerprint density at radius 1 is 1.24 bits per heavy atom. The normalized spacial score (nSPS) is 10.9. The van der Waals surface area contributed by atoms with Crippen LogP contribution in [0.15, 0.2) is 76.9 Å². The van der Waals surface area contributed by atoms with Crippen LogP contribution in [-0.4, -0.2) is 26.4 Å². The van der Waals surface area contributed by atoms with Gasteiger partial charge in [0.2, 0.25) is 5.91 Å². The number of allylic oxidation sites excluding steroid dienone is 1. The molecule has 0 radical (unpaired) electrons. The molecule has 1 N–H and O–H groups in total. The summed E-state index contributed by atoms with van der Waals surface area (Å²) < 4.78 is 22.5. The van der Waals surface area contributed by atoms with Gasteiger partial charge in [-0.05, 0) is 47.5 Å². The molecule has 0 spiro atoms. The molecule has 0 saturated heterocycles. The quantitative estimate of drug-likeness (QED) is 0.204. The summed E-state index contributed by atoms with van der Waals surface area (Å²) in [5, 5.41) is 13.9. The van der Waals surface area contributed by atoms with E-state index in [1.807, 2.05) is 35.8 Å². The molecule has 1 heterocycles. The molecule has 1 amide bonds. The maximum Gasteiger partial charge on any atom is 0.234 e. The van der Waals surface area contributed by atoms with Crippen LogP contribution in [0.25, 0.3) is 10.8 Å². The topological polar surface area (TPSA) is 69.0 Å². The van der Waals surface area contributed by atoms with Gasteiger partial charge >= 0.3 is 0 Å². The molecule has 0 fully saturated rings. The number of nitrogens with one attached hydrogen (secondary N) is 1. The zero-order valence-corrected chi connectivity index (χ0v) is 20.8. The molecule has 4 aromatic rings. The van der Waals surface area contributed by atoms with Gasteiger partial charge in [0, 0.05) is 11.0 Å². The first kappa shape index (κ1) is 24.0. The van der Waals surface area contributed by atoms with Gasteiger partial charge in [-0.3, -0.25) is 9.36 Å². The van der Waals surface area contributed by atoms with Crippen LogP contribution in [0.2, 0.25) is 0 Å². The zero-order valence-electron chi connectivity index (χ0n) is 18.4. The number of carbonyl (C=O) groups excluding carboxylic acids is 1. The minimum Gasteiger partial charge on any atom is -0.485 e. The second-order valence-electron chi connectivity index (χ2n) is 7.46. The minimum atomic E-state index is -0.508. The van der Waals surface area contributed by atoms with Crippen molar-refractivity contribution in [1.29, 1.82) is 0 Å². The predicted molar refractivity (Wildman–Crippen MR) is 137 cm³/mol. The number of nitrogens with zero attached hydrogens (tertiary/aromatic N) is 3. The second kappa shape index (κ2) is 10.8. The highest BCUT2D eigenvalue weighted by Gasteiger charge is 2.16. The molecule has 9 heteroatoms. The van der Waals surface area contributed by atoms with Gasteiger partial charge in [0.1, 0.15) is 18.2 Å². The largest absolute Gasteiger partial charge is 0.485 e. The van der Waals surface area contributed by atoms with Crippen molar-refractivity contribution in [2.24, 2.45) is 0 Å². The molecule has 4 rings (SSSR count). The lowest BCUT2D eigenvalue weighted by molar-refractivity contribution is -0.113. The van der Waals surface area contributed by atoms with Crippen LogP contribution in [0, 0.1) is 12.7 Å². The first-order valence-electron chi connectivity index (χ1n) is 10.5. The van der Waals surface area contributed by atoms with E-state index in [2.05, 4.69) is 50.2 Å². The fourth-order valence-electron chi connectivity index (χ4n) is 3.46. The summed E-state index contributed by atoms with van der Waals surface area (Å²) in [6, 6.07) is 16.6. The van der Waals surface area contributed by atoms with E-state index in [0.29, 0.717) is 22.0 Å². The molecule has 6 nitrogen and oxygen atoms in total. The Bertz CT molecular complexity index is 1360. The number of fused-ring (bicyclic) bond motifs is 1. The Kier molecular flexibility index (Phi) is 7.64. The van der Waals surface area contributed by atoms with Crippen molar-refractivity contribution in [1.82, 2.24) is 14.8 Å². The number of thioether (sulfide) groups is 1. The summed E-state index contributed by atoms with van der Waals surface area (Å²) in [5.74, 6) is 0.594. The number of aromatic nitrogens is 3. The summed E-state index contributed by atoms with van der Waals surface area (Å²) in [6.07, 6.45) is 1.73. The van der Waals surface area contributed by atoms with Crippen molar-refractivity contribution in [2.45, 2.75) is 25.2 Å². The van der Waals surface area contributed by atoms with E-state index < -0.39 is 5.82 Å². The first-order chi connectivity index (χ1) is 16.5. The highest BCUT2D eigenvalue weighted by molar-refractivity contribution is 9.10. The maximum atomic E-state index is 14.0. The summed E-state index contributed by atoms with van der Waals surface area (Å²) in [4.78, 5) is 12.3. The Morgan fingerprint density at radius 2 is 2.06 bits per heavy atom. The number of halogens is 2. The predicted octanol–water partition coefficient (Wildman–Crippen LogP) is 6.14. The van der Waals surface area contributed by atoms with Crippen molar-refractivity contribution >= 4 is 50.1 Å². The third kappa shape index (κ3) is 5.48. The fraction of sp³-hybridized carbons (Fsp3) is 0.160. The van der Waals surface area contributed by atoms with Gasteiger partial charge in [-0.1, -0.05) is 64.1 Å². The Labute approximate surface area is 209 Å². The number of anilines is 1. The van der Waals surface area contributed by atoms with Crippen molar-refractivity contribution in [3.8, 4) is 5.75 Å². The number of carbonyl (C=O) groups is 1. The van der Waals surface area contributed by atoms with Crippen LogP contribution in [0.4, 0.5) is 10.1 Å². The molecular weight excluding hydrogens is 519 g/mol. The van der Waals surface area contributed by atoms with Gasteiger partial charge in [-0.2, -0.15) is 0 Å². The van der Waals surface area contributed by atoms with Crippen LogP contribution in [0.5, 0.6) is 5.75 Å². The Balaban J connectivity index is 1.43. The zero-order chi connectivity index (χ0) is 24.1. The number of hydrogen-bond donors (Lipinski definition) is 1. The Hall–Kier alpha value is -3.17. The maximum absolute atomic E-state index is 14.0. The molecular formula is C25H22BrFN4O2S. The first-order valence-corrected chi connectivity index (χ1v) is 12.3. The van der Waals surface area contributed by atoms with Gasteiger partial charge < -0.3 is 10.1 Å². The molecule has 34 heavy (non-hydrogen) atoms. The van der Waals surface area contributed by atoms with Gasteiger partial charge in [0.05, 0.1) is 11.4 Å². The summed E-state index contributed by atoms with van der Waals surface area (Å²) in [7, 11) is 0. The number of rotatable bonds is 9. The molecule has 174 valence electrons. The lowest BCUT2D eigenvalue weighted by Gasteiger charge is -2.12. The van der Waals surface area contributed by atoms with Crippen LogP contribution in [-0.2, 0) is 17.9 Å². The molecule has 0 atom stereocenters. The van der Waals surface area contributed by atoms with Crippen LogP contribution >= 0.6 is 27.7 Å². The summed E-state index contributed by atoms with van der Waals surface area (Å²) in [5.41, 5.74) is 1.18. The molecule has 1 aromatic heterocycles. The van der Waals surface area contributed by atoms with Gasteiger partial charge in [-0.15, -0.1) is 16.8 Å². The van der Waals surface area contributed by atoms with E-state index in [4.69, 9.17) is 4.74 Å². The third-order valence-electron chi connectivity index (χ3n) is 5.15. The van der Waals surface area contributed by atoms with E-state index in [-0.39, 0.29) is 24.0 Å². The SMILES string of the molecule is C=CCn1c(COc2ccc3ccccc3c2C)nnc1SCC(=O)Nc1ccc(Br)cc1F. The van der Waals surface area contributed by atoms with Crippen LogP contribution in [0.3, 0.4) is 0 Å². The third-order valence-corrected chi connectivity index (χ3v) is 6.61. The Morgan fingerprint density at radius 3 is 2.85 bits per heavy atom. The van der Waals surface area contributed by atoms with Gasteiger partial charge in [0.15, 0.2) is 11.0 Å². The molecule has 0 aliphatic heterocycles. The fourth-order valence-corrected chi connectivity index (χ4v) is 4.56.